The highest BCUT2D eigenvalue weighted by Crippen LogP contribution is 2.65. The van der Waals surface area contributed by atoms with Crippen molar-refractivity contribution in [3.63, 3.8) is 0 Å². The highest BCUT2D eigenvalue weighted by atomic mass is 79.9. The van der Waals surface area contributed by atoms with Crippen molar-refractivity contribution >= 4 is 15.9 Å². The topological polar surface area (TPSA) is 32.3 Å². The molecule has 2 aliphatic rings. The third-order valence-electron chi connectivity index (χ3n) is 6.40. The van der Waals surface area contributed by atoms with E-state index in [1.54, 1.807) is 0 Å². The lowest BCUT2D eigenvalue weighted by Gasteiger charge is -2.39. The van der Waals surface area contributed by atoms with Crippen molar-refractivity contribution < 1.29 is 5.11 Å². The molecule has 0 heterocycles. The van der Waals surface area contributed by atoms with E-state index in [2.05, 4.69) is 42.0 Å². The van der Waals surface area contributed by atoms with E-state index in [9.17, 15) is 5.11 Å². The molecule has 3 rings (SSSR count). The molecule has 0 saturated heterocycles. The molecular weight excluding hydrogens is 314 g/mol. The van der Waals surface area contributed by atoms with Gasteiger partial charge in [0.15, 0.2) is 0 Å². The van der Waals surface area contributed by atoms with Gasteiger partial charge in [-0.05, 0) is 58.0 Å². The largest absolute Gasteiger partial charge is 0.506 e. The van der Waals surface area contributed by atoms with Gasteiger partial charge in [-0.3, -0.25) is 0 Å². The van der Waals surface area contributed by atoms with Gasteiger partial charge in [0.05, 0.1) is 4.47 Å². The normalized spacial score (nSPS) is 34.6. The van der Waals surface area contributed by atoms with Crippen LogP contribution in [0.3, 0.4) is 0 Å². The molecule has 0 radical (unpaired) electrons. The third-order valence-corrected chi connectivity index (χ3v) is 7.04. The zero-order chi connectivity index (χ0) is 14.5. The Kier molecular flexibility index (Phi) is 3.41. The Hall–Kier alpha value is -0.540. The van der Waals surface area contributed by atoms with E-state index in [-0.39, 0.29) is 0 Å². The van der Waals surface area contributed by atoms with Crippen molar-refractivity contribution in [1.82, 2.24) is 5.32 Å². The van der Waals surface area contributed by atoms with Crippen molar-refractivity contribution in [3.8, 4) is 5.75 Å². The van der Waals surface area contributed by atoms with Crippen LogP contribution in [-0.4, -0.2) is 11.1 Å². The standard InChI is InChI=1S/C17H24BrNO/c1-16(2)12-7-8-17(16,3)14(9-12)19-10-11-5-4-6-13(18)15(11)20/h4-6,12,14,19-20H,7-10H2,1-3H3. The summed E-state index contributed by atoms with van der Waals surface area (Å²) in [5, 5.41) is 13.8. The fourth-order valence-corrected chi connectivity index (χ4v) is 4.86. The molecule has 2 aliphatic carbocycles. The monoisotopic (exact) mass is 337 g/mol. The minimum atomic E-state index is 0.368. The second-order valence-electron chi connectivity index (χ2n) is 7.29. The van der Waals surface area contributed by atoms with Gasteiger partial charge in [0, 0.05) is 18.2 Å². The summed E-state index contributed by atoms with van der Waals surface area (Å²) >= 11 is 3.38. The second-order valence-corrected chi connectivity index (χ2v) is 8.15. The number of hydrogen-bond acceptors (Lipinski definition) is 2. The smallest absolute Gasteiger partial charge is 0.134 e. The number of hydrogen-bond donors (Lipinski definition) is 2. The van der Waals surface area contributed by atoms with E-state index in [1.807, 2.05) is 18.2 Å². The highest BCUT2D eigenvalue weighted by molar-refractivity contribution is 9.10. The molecule has 20 heavy (non-hydrogen) atoms. The van der Waals surface area contributed by atoms with E-state index < -0.39 is 0 Å². The van der Waals surface area contributed by atoms with Gasteiger partial charge in [-0.1, -0.05) is 32.9 Å². The first-order valence-corrected chi connectivity index (χ1v) is 8.35. The molecule has 2 fully saturated rings. The summed E-state index contributed by atoms with van der Waals surface area (Å²) in [4.78, 5) is 0. The molecule has 110 valence electrons. The summed E-state index contributed by atoms with van der Waals surface area (Å²) in [6.45, 7) is 8.05. The number of halogens is 1. The van der Waals surface area contributed by atoms with Crippen LogP contribution in [0.25, 0.3) is 0 Å². The van der Waals surface area contributed by atoms with E-state index >= 15 is 0 Å². The first-order valence-electron chi connectivity index (χ1n) is 7.56. The molecule has 2 saturated carbocycles. The Morgan fingerprint density at radius 2 is 2.10 bits per heavy atom. The van der Waals surface area contributed by atoms with Gasteiger partial charge in [0.1, 0.15) is 5.75 Å². The van der Waals surface area contributed by atoms with Crippen LogP contribution in [0.5, 0.6) is 5.75 Å². The molecule has 3 unspecified atom stereocenters. The van der Waals surface area contributed by atoms with E-state index in [4.69, 9.17) is 0 Å². The van der Waals surface area contributed by atoms with Gasteiger partial charge in [-0.25, -0.2) is 0 Å². The van der Waals surface area contributed by atoms with Crippen molar-refractivity contribution in [2.45, 2.75) is 52.6 Å². The van der Waals surface area contributed by atoms with Crippen LogP contribution in [0.2, 0.25) is 0 Å². The molecule has 1 aromatic carbocycles. The lowest BCUT2D eigenvalue weighted by molar-refractivity contribution is 0.120. The van der Waals surface area contributed by atoms with Crippen LogP contribution in [-0.2, 0) is 6.54 Å². The Balaban J connectivity index is 1.73. The number of para-hydroxylation sites is 1. The van der Waals surface area contributed by atoms with Gasteiger partial charge >= 0.3 is 0 Å². The van der Waals surface area contributed by atoms with E-state index in [1.165, 1.54) is 19.3 Å². The number of benzene rings is 1. The summed E-state index contributed by atoms with van der Waals surface area (Å²) in [5.74, 6) is 1.22. The number of rotatable bonds is 3. The first-order chi connectivity index (χ1) is 9.36. The average Bonchev–Trinajstić information content (AvgIpc) is 2.73. The minimum absolute atomic E-state index is 0.368. The molecule has 3 heteroatoms. The highest BCUT2D eigenvalue weighted by Gasteiger charge is 2.60. The predicted octanol–water partition coefficient (Wildman–Crippen LogP) is 4.46. The molecule has 1 aromatic rings. The maximum absolute atomic E-state index is 10.1. The molecule has 2 bridgehead atoms. The number of phenolic OH excluding ortho intramolecular Hbond substituents is 1. The summed E-state index contributed by atoms with van der Waals surface area (Å²) in [5.41, 5.74) is 1.80. The van der Waals surface area contributed by atoms with Gasteiger partial charge in [0.25, 0.3) is 0 Å². The molecule has 0 aromatic heterocycles. The molecule has 2 nitrogen and oxygen atoms in total. The van der Waals surface area contributed by atoms with Crippen molar-refractivity contribution in [2.75, 3.05) is 0 Å². The fourth-order valence-electron chi connectivity index (χ4n) is 4.45. The third kappa shape index (κ3) is 1.93. The summed E-state index contributed by atoms with van der Waals surface area (Å²) in [7, 11) is 0. The quantitative estimate of drug-likeness (QED) is 0.853. The lowest BCUT2D eigenvalue weighted by Crippen LogP contribution is -2.44. The number of phenols is 1. The second kappa shape index (κ2) is 4.74. The van der Waals surface area contributed by atoms with Crippen LogP contribution in [0.4, 0.5) is 0 Å². The van der Waals surface area contributed by atoms with E-state index in [0.29, 0.717) is 22.6 Å². The molecule has 0 aliphatic heterocycles. The lowest BCUT2D eigenvalue weighted by atomic mass is 9.69. The van der Waals surface area contributed by atoms with Crippen LogP contribution < -0.4 is 5.32 Å². The van der Waals surface area contributed by atoms with Crippen LogP contribution in [0.15, 0.2) is 22.7 Å². The summed E-state index contributed by atoms with van der Waals surface area (Å²) < 4.78 is 0.774. The van der Waals surface area contributed by atoms with Crippen molar-refractivity contribution in [1.29, 1.82) is 0 Å². The maximum atomic E-state index is 10.1. The number of fused-ring (bicyclic) bond motifs is 2. The molecule has 0 spiro atoms. The van der Waals surface area contributed by atoms with Crippen LogP contribution in [0.1, 0.15) is 45.6 Å². The molecule has 2 N–H and O–H groups in total. The molecular formula is C17H24BrNO. The minimum Gasteiger partial charge on any atom is -0.506 e. The van der Waals surface area contributed by atoms with Gasteiger partial charge in [0.2, 0.25) is 0 Å². The van der Waals surface area contributed by atoms with Crippen LogP contribution >= 0.6 is 15.9 Å². The zero-order valence-electron chi connectivity index (χ0n) is 12.5. The van der Waals surface area contributed by atoms with Crippen molar-refractivity contribution in [2.24, 2.45) is 16.7 Å². The number of aromatic hydroxyl groups is 1. The molecule has 3 atom stereocenters. The predicted molar refractivity (Wildman–Crippen MR) is 85.7 cm³/mol. The Morgan fingerprint density at radius 3 is 2.70 bits per heavy atom. The number of nitrogens with one attached hydrogen (secondary N) is 1. The Morgan fingerprint density at radius 1 is 1.35 bits per heavy atom. The molecule has 0 amide bonds. The van der Waals surface area contributed by atoms with Gasteiger partial charge < -0.3 is 10.4 Å². The zero-order valence-corrected chi connectivity index (χ0v) is 14.1. The summed E-state index contributed by atoms with van der Waals surface area (Å²) in [6, 6.07) is 6.41. The Labute approximate surface area is 130 Å². The first kappa shape index (κ1) is 14.4. The van der Waals surface area contributed by atoms with Gasteiger partial charge in [-0.15, -0.1) is 0 Å². The SMILES string of the molecule is CC1(C)C2CCC1(C)C(NCc1cccc(Br)c1O)C2. The van der Waals surface area contributed by atoms with Crippen LogP contribution in [0, 0.1) is 16.7 Å². The van der Waals surface area contributed by atoms with Crippen molar-refractivity contribution in [3.05, 3.63) is 28.2 Å². The average molecular weight is 338 g/mol. The Bertz CT molecular complexity index is 528. The van der Waals surface area contributed by atoms with E-state index in [0.717, 1.165) is 22.5 Å². The fraction of sp³-hybridized carbons (Fsp3) is 0.647. The summed E-state index contributed by atoms with van der Waals surface area (Å²) in [6.07, 6.45) is 3.98. The van der Waals surface area contributed by atoms with Gasteiger partial charge in [-0.2, -0.15) is 0 Å². The maximum Gasteiger partial charge on any atom is 0.134 e.